The lowest BCUT2D eigenvalue weighted by Gasteiger charge is -2.28. The van der Waals surface area contributed by atoms with Gasteiger partial charge in [0.2, 0.25) is 0 Å². The Balaban J connectivity index is 1.64. The van der Waals surface area contributed by atoms with Gasteiger partial charge in [0.25, 0.3) is 0 Å². The number of anilines is 1. The minimum Gasteiger partial charge on any atom is -0.497 e. The van der Waals surface area contributed by atoms with Gasteiger partial charge < -0.3 is 24.3 Å². The molecule has 0 unspecified atom stereocenters. The van der Waals surface area contributed by atoms with Crippen molar-refractivity contribution >= 4 is 23.0 Å². The lowest BCUT2D eigenvalue weighted by Crippen LogP contribution is -2.29. The average Bonchev–Trinajstić information content (AvgIpc) is 3.49. The van der Waals surface area contributed by atoms with Crippen LogP contribution in [0.25, 0.3) is 5.69 Å². The van der Waals surface area contributed by atoms with Crippen LogP contribution in [0.15, 0.2) is 91.4 Å². The van der Waals surface area contributed by atoms with Crippen LogP contribution >= 0.6 is 12.2 Å². The van der Waals surface area contributed by atoms with E-state index in [1.54, 1.807) is 20.4 Å². The second-order valence-electron chi connectivity index (χ2n) is 7.72. The first kappa shape index (κ1) is 21.0. The van der Waals surface area contributed by atoms with Gasteiger partial charge in [-0.05, 0) is 60.2 Å². The summed E-state index contributed by atoms with van der Waals surface area (Å²) in [4.78, 5) is 6.73. The van der Waals surface area contributed by atoms with Crippen LogP contribution in [-0.4, -0.2) is 28.9 Å². The van der Waals surface area contributed by atoms with Gasteiger partial charge in [0.05, 0.1) is 37.7 Å². The van der Waals surface area contributed by atoms with Crippen LogP contribution in [0.3, 0.4) is 0 Å². The molecule has 3 heterocycles. The minimum atomic E-state index is -0.140. The molecule has 0 saturated carbocycles. The third kappa shape index (κ3) is 3.91. The van der Waals surface area contributed by atoms with Crippen molar-refractivity contribution in [1.82, 2.24) is 14.9 Å². The third-order valence-electron chi connectivity index (χ3n) is 5.86. The van der Waals surface area contributed by atoms with Gasteiger partial charge in [0.1, 0.15) is 11.5 Å². The van der Waals surface area contributed by atoms with E-state index in [1.807, 2.05) is 54.6 Å². The molecule has 2 aromatic carbocycles. The monoisotopic (exact) mass is 456 g/mol. The molecule has 0 aliphatic carbocycles. The van der Waals surface area contributed by atoms with Crippen LogP contribution < -0.4 is 19.7 Å². The summed E-state index contributed by atoms with van der Waals surface area (Å²) < 4.78 is 13.3. The standard InChI is InChI=1S/C26H24N4O2S/c1-31-20-11-12-23(32-2)22(16-20)30-25(24(28-26(30)33)21-10-6-7-14-27-21)18-13-15-29(17-18)19-8-4-3-5-9-19/h3-17,24-25H,1-2H3,(H,28,33)/t24-,25+/m0/s1. The number of ether oxygens (including phenoxy) is 2. The van der Waals surface area contributed by atoms with Crippen LogP contribution in [0, 0.1) is 0 Å². The zero-order chi connectivity index (χ0) is 22.8. The van der Waals surface area contributed by atoms with Crippen LogP contribution in [-0.2, 0) is 0 Å². The van der Waals surface area contributed by atoms with Gasteiger partial charge in [0.15, 0.2) is 5.11 Å². The summed E-state index contributed by atoms with van der Waals surface area (Å²) in [5.41, 5.74) is 3.95. The minimum absolute atomic E-state index is 0.138. The second-order valence-corrected chi connectivity index (χ2v) is 8.11. The van der Waals surface area contributed by atoms with Crippen molar-refractivity contribution in [2.45, 2.75) is 12.1 Å². The molecule has 1 saturated heterocycles. The quantitative estimate of drug-likeness (QED) is 0.409. The molecule has 166 valence electrons. The van der Waals surface area contributed by atoms with Crippen LogP contribution in [0.4, 0.5) is 5.69 Å². The highest BCUT2D eigenvalue weighted by molar-refractivity contribution is 7.80. The first-order valence-corrected chi connectivity index (χ1v) is 11.1. The Morgan fingerprint density at radius 2 is 1.76 bits per heavy atom. The molecular formula is C26H24N4O2S. The van der Waals surface area contributed by atoms with Crippen molar-refractivity contribution in [2.75, 3.05) is 19.1 Å². The number of thiocarbonyl (C=S) groups is 1. The van der Waals surface area contributed by atoms with E-state index in [0.29, 0.717) is 10.9 Å². The fourth-order valence-corrected chi connectivity index (χ4v) is 4.63. The predicted molar refractivity (Wildman–Crippen MR) is 133 cm³/mol. The Morgan fingerprint density at radius 1 is 0.939 bits per heavy atom. The van der Waals surface area contributed by atoms with E-state index in [9.17, 15) is 0 Å². The Kier molecular flexibility index (Phi) is 5.71. The molecule has 0 radical (unpaired) electrons. The maximum Gasteiger partial charge on any atom is 0.174 e. The number of aromatic nitrogens is 2. The number of hydrogen-bond acceptors (Lipinski definition) is 4. The smallest absolute Gasteiger partial charge is 0.174 e. The molecule has 1 fully saturated rings. The molecule has 7 heteroatoms. The topological polar surface area (TPSA) is 51.6 Å². The van der Waals surface area contributed by atoms with Crippen molar-refractivity contribution < 1.29 is 9.47 Å². The lowest BCUT2D eigenvalue weighted by atomic mass is 9.98. The van der Waals surface area contributed by atoms with E-state index in [1.165, 1.54) is 0 Å². The molecule has 0 bridgehead atoms. The third-order valence-corrected chi connectivity index (χ3v) is 6.17. The van der Waals surface area contributed by atoms with E-state index in [0.717, 1.165) is 28.4 Å². The number of para-hydroxylation sites is 1. The summed E-state index contributed by atoms with van der Waals surface area (Å²) in [7, 11) is 3.31. The number of hydrogen-bond donors (Lipinski definition) is 1. The fourth-order valence-electron chi connectivity index (χ4n) is 4.29. The number of rotatable bonds is 6. The Hall–Kier alpha value is -3.84. The zero-order valence-corrected chi connectivity index (χ0v) is 19.2. The average molecular weight is 457 g/mol. The van der Waals surface area contributed by atoms with Crippen molar-refractivity contribution in [3.05, 3.63) is 103 Å². The summed E-state index contributed by atoms with van der Waals surface area (Å²) in [5.74, 6) is 1.45. The summed E-state index contributed by atoms with van der Waals surface area (Å²) in [6, 6.07) is 23.8. The van der Waals surface area contributed by atoms with Gasteiger partial charge in [-0.25, -0.2) is 0 Å². The van der Waals surface area contributed by atoms with Gasteiger partial charge in [0, 0.05) is 30.3 Å². The summed E-state index contributed by atoms with van der Waals surface area (Å²) in [6.07, 6.45) is 6.02. The molecule has 0 amide bonds. The lowest BCUT2D eigenvalue weighted by molar-refractivity contribution is 0.403. The van der Waals surface area contributed by atoms with E-state index in [-0.39, 0.29) is 12.1 Å². The molecule has 0 spiro atoms. The van der Waals surface area contributed by atoms with Crippen LogP contribution in [0.1, 0.15) is 23.3 Å². The first-order chi connectivity index (χ1) is 16.2. The summed E-state index contributed by atoms with van der Waals surface area (Å²) >= 11 is 5.85. The number of benzene rings is 2. The van der Waals surface area contributed by atoms with Gasteiger partial charge >= 0.3 is 0 Å². The maximum atomic E-state index is 5.85. The molecule has 2 aromatic heterocycles. The Labute approximate surface area is 198 Å². The van der Waals surface area contributed by atoms with Crippen molar-refractivity contribution in [1.29, 1.82) is 0 Å². The van der Waals surface area contributed by atoms with Gasteiger partial charge in [-0.15, -0.1) is 0 Å². The molecule has 6 nitrogen and oxygen atoms in total. The molecule has 1 aliphatic heterocycles. The Bertz CT molecular complexity index is 1260. The van der Waals surface area contributed by atoms with Crippen LogP contribution in [0.2, 0.25) is 0 Å². The number of nitrogens with one attached hydrogen (secondary N) is 1. The molecule has 5 rings (SSSR count). The molecule has 4 aromatic rings. The van der Waals surface area contributed by atoms with E-state index >= 15 is 0 Å². The van der Waals surface area contributed by atoms with Gasteiger partial charge in [-0.1, -0.05) is 24.3 Å². The number of methoxy groups -OCH3 is 2. The highest BCUT2D eigenvalue weighted by Crippen LogP contribution is 2.45. The van der Waals surface area contributed by atoms with E-state index in [2.05, 4.69) is 50.4 Å². The highest BCUT2D eigenvalue weighted by atomic mass is 32.1. The van der Waals surface area contributed by atoms with Crippen molar-refractivity contribution in [3.8, 4) is 17.2 Å². The molecule has 1 aliphatic rings. The van der Waals surface area contributed by atoms with Crippen molar-refractivity contribution in [2.24, 2.45) is 0 Å². The molecule has 2 atom stereocenters. The predicted octanol–water partition coefficient (Wildman–Crippen LogP) is 5.07. The van der Waals surface area contributed by atoms with Crippen LogP contribution in [0.5, 0.6) is 11.5 Å². The number of nitrogens with zero attached hydrogens (tertiary/aromatic N) is 3. The van der Waals surface area contributed by atoms with Gasteiger partial charge in [-0.2, -0.15) is 0 Å². The first-order valence-electron chi connectivity index (χ1n) is 10.7. The summed E-state index contributed by atoms with van der Waals surface area (Å²) in [5, 5.41) is 4.10. The highest BCUT2D eigenvalue weighted by Gasteiger charge is 2.42. The van der Waals surface area contributed by atoms with E-state index in [4.69, 9.17) is 21.7 Å². The second kappa shape index (κ2) is 8.96. The number of pyridine rings is 1. The largest absolute Gasteiger partial charge is 0.497 e. The maximum absolute atomic E-state index is 5.85. The summed E-state index contributed by atoms with van der Waals surface area (Å²) in [6.45, 7) is 0. The molecule has 1 N–H and O–H groups in total. The zero-order valence-electron chi connectivity index (χ0n) is 18.4. The molecular weight excluding hydrogens is 432 g/mol. The normalized spacial score (nSPS) is 17.6. The Morgan fingerprint density at radius 3 is 2.48 bits per heavy atom. The fraction of sp³-hybridized carbons (Fsp3) is 0.154. The van der Waals surface area contributed by atoms with Gasteiger partial charge in [-0.3, -0.25) is 4.98 Å². The molecule has 33 heavy (non-hydrogen) atoms. The SMILES string of the molecule is COc1ccc(OC)c(N2C(=S)N[C@@H](c3ccccn3)[C@H]2c2ccn(-c3ccccc3)c2)c1. The van der Waals surface area contributed by atoms with E-state index < -0.39 is 0 Å². The van der Waals surface area contributed by atoms with Crippen molar-refractivity contribution in [3.63, 3.8) is 0 Å².